The Morgan fingerprint density at radius 2 is 1.50 bits per heavy atom. The van der Waals surface area contributed by atoms with E-state index >= 15 is 0 Å². The monoisotopic (exact) mass is 173 g/mol. The van der Waals surface area contributed by atoms with Crippen LogP contribution < -0.4 is 0 Å². The van der Waals surface area contributed by atoms with Gasteiger partial charge in [0.25, 0.3) is 0 Å². The lowest BCUT2D eigenvalue weighted by molar-refractivity contribution is 0.0696. The Kier molecular flexibility index (Phi) is 1.78. The maximum absolute atomic E-state index is 10.3. The predicted octanol–water partition coefficient (Wildman–Crippen LogP) is 0.502. The number of phenolic OH excluding ortho intramolecular Hbond substituents is 3. The smallest absolute Gasteiger partial charge is 0.335 e. The molecule has 5 nitrogen and oxygen atoms in total. The van der Waals surface area contributed by atoms with Crippen LogP contribution >= 0.6 is 0 Å². The van der Waals surface area contributed by atoms with Crippen LogP contribution in [0, 0.1) is 0 Å². The van der Waals surface area contributed by atoms with Gasteiger partial charge in [0.05, 0.1) is 5.56 Å². The third kappa shape index (κ3) is 1.24. The third-order valence-electron chi connectivity index (χ3n) is 1.32. The summed E-state index contributed by atoms with van der Waals surface area (Å²) in [7, 11) is 0. The first-order valence-corrected chi connectivity index (χ1v) is 3.00. The molecule has 0 atom stereocenters. The summed E-state index contributed by atoms with van der Waals surface area (Å²) >= 11 is 0. The fourth-order valence-corrected chi connectivity index (χ4v) is 0.728. The Morgan fingerprint density at radius 1 is 1.08 bits per heavy atom. The van der Waals surface area contributed by atoms with Crippen LogP contribution in [0.25, 0.3) is 0 Å². The zero-order valence-electron chi connectivity index (χ0n) is 5.85. The standard InChI is InChI=1S/C7H6O5/c8-4-1-3(7(11)12)2-5(9)6(4)10/h1-2,8-10H,(H,11,12)/i3+1,4+1,5+1. The summed E-state index contributed by atoms with van der Waals surface area (Å²) in [5.74, 6) is -3.33. The molecule has 12 heavy (non-hydrogen) atoms. The minimum Gasteiger partial charge on any atom is -0.504 e. The molecule has 4 N–H and O–H groups in total. The summed E-state index contributed by atoms with van der Waals surface area (Å²) in [6.45, 7) is 0. The van der Waals surface area contributed by atoms with E-state index in [9.17, 15) is 4.79 Å². The first-order valence-electron chi connectivity index (χ1n) is 3.00. The molecule has 0 aromatic heterocycles. The molecule has 0 bridgehead atoms. The van der Waals surface area contributed by atoms with Crippen LogP contribution in [0.5, 0.6) is 17.2 Å². The zero-order valence-corrected chi connectivity index (χ0v) is 5.85. The number of rotatable bonds is 1. The van der Waals surface area contributed by atoms with E-state index in [1.165, 1.54) is 0 Å². The molecule has 0 fully saturated rings. The molecule has 0 aliphatic heterocycles. The Labute approximate surface area is 67.1 Å². The highest BCUT2D eigenvalue weighted by Gasteiger charge is 2.11. The first kappa shape index (κ1) is 8.19. The van der Waals surface area contributed by atoms with Crippen LogP contribution in [-0.2, 0) is 0 Å². The first-order chi connectivity index (χ1) is 5.52. The molecule has 0 amide bonds. The van der Waals surface area contributed by atoms with Gasteiger partial charge >= 0.3 is 5.97 Å². The molecule has 0 saturated heterocycles. The van der Waals surface area contributed by atoms with E-state index in [1.54, 1.807) is 0 Å². The molecule has 0 unspecified atom stereocenters. The molecule has 0 aliphatic rings. The molecule has 64 valence electrons. The summed E-state index contributed by atoms with van der Waals surface area (Å²) in [6.07, 6.45) is 0. The van der Waals surface area contributed by atoms with Crippen LogP contribution in [-0.4, -0.2) is 26.4 Å². The number of carbonyl (C=O) groups is 1. The van der Waals surface area contributed by atoms with Crippen molar-refractivity contribution < 1.29 is 25.2 Å². The minimum absolute atomic E-state index is 0.289. The van der Waals surface area contributed by atoms with Crippen LogP contribution in [0.15, 0.2) is 12.1 Å². The number of aromatic carboxylic acids is 1. The van der Waals surface area contributed by atoms with Crippen molar-refractivity contribution in [1.29, 1.82) is 0 Å². The Hall–Kier alpha value is -1.91. The van der Waals surface area contributed by atoms with Crippen molar-refractivity contribution in [2.24, 2.45) is 0 Å². The number of benzene rings is 1. The van der Waals surface area contributed by atoms with Crippen LogP contribution in [0.3, 0.4) is 0 Å². The van der Waals surface area contributed by atoms with Gasteiger partial charge in [0, 0.05) is 0 Å². The normalized spacial score (nSPS) is 9.67. The van der Waals surface area contributed by atoms with Crippen molar-refractivity contribution in [2.45, 2.75) is 0 Å². The molecular formula is C7H6O5. The predicted molar refractivity (Wildman–Crippen MR) is 38.4 cm³/mol. The molecule has 0 spiro atoms. The minimum atomic E-state index is -1.29. The summed E-state index contributed by atoms with van der Waals surface area (Å²) < 4.78 is 0. The highest BCUT2D eigenvalue weighted by atomic mass is 16.4. The van der Waals surface area contributed by atoms with E-state index in [2.05, 4.69) is 0 Å². The van der Waals surface area contributed by atoms with E-state index in [-0.39, 0.29) is 5.56 Å². The fourth-order valence-electron chi connectivity index (χ4n) is 0.728. The molecule has 0 heterocycles. The van der Waals surface area contributed by atoms with Crippen molar-refractivity contribution >= 4 is 5.97 Å². The topological polar surface area (TPSA) is 98.0 Å². The molecular weight excluding hydrogens is 167 g/mol. The maximum Gasteiger partial charge on any atom is 0.335 e. The second-order valence-corrected chi connectivity index (χ2v) is 2.17. The summed E-state index contributed by atoms with van der Waals surface area (Å²) in [6, 6.07) is 1.69. The Morgan fingerprint density at radius 3 is 1.83 bits per heavy atom. The van der Waals surface area contributed by atoms with Gasteiger partial charge in [0.15, 0.2) is 17.2 Å². The Balaban J connectivity index is 3.31. The highest BCUT2D eigenvalue weighted by molar-refractivity contribution is 5.89. The Bertz CT molecular complexity index is 308. The molecule has 0 radical (unpaired) electrons. The van der Waals surface area contributed by atoms with Gasteiger partial charge < -0.3 is 20.4 Å². The van der Waals surface area contributed by atoms with Gasteiger partial charge in [-0.2, -0.15) is 0 Å². The van der Waals surface area contributed by atoms with Crippen molar-refractivity contribution in [3.8, 4) is 17.2 Å². The van der Waals surface area contributed by atoms with Gasteiger partial charge in [-0.3, -0.25) is 0 Å². The van der Waals surface area contributed by atoms with E-state index in [0.29, 0.717) is 0 Å². The quantitative estimate of drug-likeness (QED) is 0.463. The fraction of sp³-hybridized carbons (Fsp3) is 0. The van der Waals surface area contributed by atoms with Gasteiger partial charge in [-0.15, -0.1) is 0 Å². The average Bonchev–Trinajstić information content (AvgIpc) is 1.99. The number of hydrogen-bond acceptors (Lipinski definition) is 4. The second-order valence-electron chi connectivity index (χ2n) is 2.17. The van der Waals surface area contributed by atoms with E-state index in [1.807, 2.05) is 0 Å². The van der Waals surface area contributed by atoms with Gasteiger partial charge in [-0.25, -0.2) is 4.79 Å². The largest absolute Gasteiger partial charge is 0.504 e. The maximum atomic E-state index is 10.3. The van der Waals surface area contributed by atoms with Gasteiger partial charge in [0.1, 0.15) is 0 Å². The van der Waals surface area contributed by atoms with Crippen LogP contribution in [0.4, 0.5) is 0 Å². The average molecular weight is 173 g/mol. The molecule has 1 aromatic carbocycles. The van der Waals surface area contributed by atoms with Crippen molar-refractivity contribution in [3.05, 3.63) is 17.7 Å². The molecule has 0 aliphatic carbocycles. The highest BCUT2D eigenvalue weighted by Crippen LogP contribution is 2.35. The summed E-state index contributed by atoms with van der Waals surface area (Å²) in [4.78, 5) is 10.3. The zero-order chi connectivity index (χ0) is 9.30. The van der Waals surface area contributed by atoms with Crippen LogP contribution in [0.1, 0.15) is 10.4 Å². The van der Waals surface area contributed by atoms with Crippen LogP contribution in [0.2, 0.25) is 0 Å². The second kappa shape index (κ2) is 2.61. The number of hydrogen-bond donors (Lipinski definition) is 4. The third-order valence-corrected chi connectivity index (χ3v) is 1.32. The lowest BCUT2D eigenvalue weighted by Crippen LogP contribution is -1.95. The molecule has 5 heteroatoms. The van der Waals surface area contributed by atoms with E-state index < -0.39 is 23.2 Å². The van der Waals surface area contributed by atoms with Crippen molar-refractivity contribution in [3.63, 3.8) is 0 Å². The van der Waals surface area contributed by atoms with Gasteiger partial charge in [-0.05, 0) is 12.1 Å². The summed E-state index contributed by atoms with van der Waals surface area (Å²) in [5.41, 5.74) is -0.289. The lowest BCUT2D eigenvalue weighted by Gasteiger charge is -2.01. The lowest BCUT2D eigenvalue weighted by atomic mass is 10.6. The van der Waals surface area contributed by atoms with Gasteiger partial charge in [-0.1, -0.05) is 0 Å². The molecule has 1 aromatic rings. The number of phenols is 3. The summed E-state index contributed by atoms with van der Waals surface area (Å²) in [5, 5.41) is 35.0. The number of carboxylic acid groups (broad SMARTS) is 1. The SMILES string of the molecule is O=C(O)[13c]1c[13c](O)c(O)[13c](O)c1. The molecule has 0 saturated carbocycles. The van der Waals surface area contributed by atoms with Crippen molar-refractivity contribution in [2.75, 3.05) is 0 Å². The molecule has 1 rings (SSSR count). The van der Waals surface area contributed by atoms with E-state index in [0.717, 1.165) is 12.1 Å². The number of aromatic hydroxyl groups is 3. The van der Waals surface area contributed by atoms with E-state index in [4.69, 9.17) is 20.4 Å². The van der Waals surface area contributed by atoms with Gasteiger partial charge in [0.2, 0.25) is 0 Å². The van der Waals surface area contributed by atoms with Crippen molar-refractivity contribution in [1.82, 2.24) is 0 Å². The number of carboxylic acids is 1.